The van der Waals surface area contributed by atoms with Gasteiger partial charge in [0.05, 0.1) is 16.9 Å². The summed E-state index contributed by atoms with van der Waals surface area (Å²) in [5, 5.41) is 4.38. The van der Waals surface area contributed by atoms with E-state index in [-0.39, 0.29) is 17.3 Å². The molecule has 3 aromatic rings. The molecule has 0 amide bonds. The van der Waals surface area contributed by atoms with Gasteiger partial charge in [-0.15, -0.1) is 12.4 Å². The van der Waals surface area contributed by atoms with Crippen LogP contribution in [0, 0.1) is 0 Å². The van der Waals surface area contributed by atoms with Crippen molar-refractivity contribution in [2.45, 2.75) is 22.6 Å². The van der Waals surface area contributed by atoms with Crippen LogP contribution >= 0.6 is 12.4 Å². The fraction of sp³-hybridized carbons (Fsp3) is 0.263. The lowest BCUT2D eigenvalue weighted by Gasteiger charge is -2.07. The van der Waals surface area contributed by atoms with E-state index in [9.17, 15) is 8.42 Å². The van der Waals surface area contributed by atoms with Crippen LogP contribution in [-0.2, 0) is 22.7 Å². The average Bonchev–Trinajstić information content (AvgIpc) is 2.81. The van der Waals surface area contributed by atoms with E-state index in [0.29, 0.717) is 10.6 Å². The number of H-pyrrole nitrogens is 1. The van der Waals surface area contributed by atoms with Gasteiger partial charge in [0, 0.05) is 29.6 Å². The second-order valence-electron chi connectivity index (χ2n) is 6.22. The zero-order chi connectivity index (χ0) is 17.4. The molecule has 0 aliphatic carbocycles. The zero-order valence-corrected chi connectivity index (χ0v) is 16.0. The second kappa shape index (κ2) is 7.31. The minimum absolute atomic E-state index is 0. The summed E-state index contributed by atoms with van der Waals surface area (Å²) in [4.78, 5) is 4.00. The van der Waals surface area contributed by atoms with E-state index in [4.69, 9.17) is 4.74 Å². The minimum atomic E-state index is -3.59. The Labute approximate surface area is 159 Å². The van der Waals surface area contributed by atoms with Gasteiger partial charge in [0.15, 0.2) is 0 Å². The summed E-state index contributed by atoms with van der Waals surface area (Å²) in [6.45, 7) is 1.85. The highest BCUT2D eigenvalue weighted by molar-refractivity contribution is 7.91. The molecule has 0 radical (unpaired) electrons. The summed E-state index contributed by atoms with van der Waals surface area (Å²) in [6.07, 6.45) is 1.83. The van der Waals surface area contributed by atoms with Gasteiger partial charge in [0.25, 0.3) is 0 Å². The molecule has 7 heteroatoms. The van der Waals surface area contributed by atoms with Gasteiger partial charge in [0.2, 0.25) is 9.84 Å². The third-order valence-electron chi connectivity index (χ3n) is 4.73. The molecule has 2 N–H and O–H groups in total. The number of benzene rings is 2. The standard InChI is InChI=1S/C19H20N2O3S.ClH/c1-24-13-3-2-4-14(11-13)25(22,23)15-5-6-18-17(12-15)16-7-9-20-10-8-19(16)21-18;/h2-6,11-12,20-21H,7-10H2,1H3;1H. The number of methoxy groups -OCH3 is 1. The van der Waals surface area contributed by atoms with Crippen molar-refractivity contribution in [1.82, 2.24) is 10.3 Å². The SMILES string of the molecule is COc1cccc(S(=O)(=O)c2ccc3[nH]c4c(c3c2)CCNCC4)c1.Cl. The van der Waals surface area contributed by atoms with Crippen molar-refractivity contribution in [1.29, 1.82) is 0 Å². The molecule has 2 heterocycles. The number of rotatable bonds is 3. The van der Waals surface area contributed by atoms with Crippen molar-refractivity contribution >= 4 is 33.1 Å². The molecule has 138 valence electrons. The Balaban J connectivity index is 0.00000196. The molecular formula is C19H21ClN2O3S. The van der Waals surface area contributed by atoms with Crippen LogP contribution in [0.5, 0.6) is 5.75 Å². The summed E-state index contributed by atoms with van der Waals surface area (Å²) in [5.74, 6) is 0.531. The zero-order valence-electron chi connectivity index (χ0n) is 14.4. The lowest BCUT2D eigenvalue weighted by Crippen LogP contribution is -2.16. The number of ether oxygens (including phenoxy) is 1. The first-order valence-corrected chi connectivity index (χ1v) is 9.81. The van der Waals surface area contributed by atoms with Crippen LogP contribution in [0.1, 0.15) is 11.3 Å². The lowest BCUT2D eigenvalue weighted by molar-refractivity contribution is 0.413. The van der Waals surface area contributed by atoms with E-state index in [1.165, 1.54) is 18.4 Å². The van der Waals surface area contributed by atoms with Gasteiger partial charge in [-0.25, -0.2) is 8.42 Å². The number of sulfone groups is 1. The van der Waals surface area contributed by atoms with Crippen molar-refractivity contribution in [2.75, 3.05) is 20.2 Å². The summed E-state index contributed by atoms with van der Waals surface area (Å²) in [6, 6.07) is 11.9. The highest BCUT2D eigenvalue weighted by Gasteiger charge is 2.21. The third-order valence-corrected chi connectivity index (χ3v) is 6.48. The normalized spacial score (nSPS) is 14.3. The fourth-order valence-corrected chi connectivity index (χ4v) is 4.73. The Morgan fingerprint density at radius 2 is 1.77 bits per heavy atom. The Morgan fingerprint density at radius 1 is 1.00 bits per heavy atom. The summed E-state index contributed by atoms with van der Waals surface area (Å²) in [7, 11) is -2.06. The van der Waals surface area contributed by atoms with E-state index in [1.54, 1.807) is 36.4 Å². The lowest BCUT2D eigenvalue weighted by atomic mass is 10.1. The molecule has 0 bridgehead atoms. The first-order valence-electron chi connectivity index (χ1n) is 8.33. The topological polar surface area (TPSA) is 71.2 Å². The number of halogens is 1. The number of aromatic nitrogens is 1. The van der Waals surface area contributed by atoms with Crippen LogP contribution in [-0.4, -0.2) is 33.6 Å². The predicted molar refractivity (Wildman–Crippen MR) is 104 cm³/mol. The minimum Gasteiger partial charge on any atom is -0.497 e. The molecule has 0 fully saturated rings. The molecule has 1 aliphatic heterocycles. The molecule has 26 heavy (non-hydrogen) atoms. The monoisotopic (exact) mass is 392 g/mol. The molecule has 1 aliphatic rings. The van der Waals surface area contributed by atoms with Gasteiger partial charge in [-0.1, -0.05) is 6.07 Å². The molecule has 0 unspecified atom stereocenters. The first-order chi connectivity index (χ1) is 12.1. The number of aromatic amines is 1. The third kappa shape index (κ3) is 3.20. The van der Waals surface area contributed by atoms with Crippen molar-refractivity contribution in [3.05, 3.63) is 53.7 Å². The average molecular weight is 393 g/mol. The van der Waals surface area contributed by atoms with Crippen LogP contribution < -0.4 is 10.1 Å². The van der Waals surface area contributed by atoms with Gasteiger partial charge in [-0.3, -0.25) is 0 Å². The highest BCUT2D eigenvalue weighted by Crippen LogP contribution is 2.30. The van der Waals surface area contributed by atoms with Crippen LogP contribution in [0.15, 0.2) is 52.3 Å². The van der Waals surface area contributed by atoms with E-state index in [0.717, 1.165) is 36.8 Å². The van der Waals surface area contributed by atoms with Gasteiger partial charge < -0.3 is 15.0 Å². The molecule has 2 aromatic carbocycles. The Hall–Kier alpha value is -2.02. The van der Waals surface area contributed by atoms with Crippen LogP contribution in [0.4, 0.5) is 0 Å². The molecule has 1 aromatic heterocycles. The number of hydrogen-bond acceptors (Lipinski definition) is 4. The second-order valence-corrected chi connectivity index (χ2v) is 8.17. The first kappa shape index (κ1) is 18.8. The van der Waals surface area contributed by atoms with E-state index in [2.05, 4.69) is 10.3 Å². The van der Waals surface area contributed by atoms with Gasteiger partial charge in [0.1, 0.15) is 5.75 Å². The molecule has 0 spiro atoms. The maximum Gasteiger partial charge on any atom is 0.206 e. The summed E-state index contributed by atoms with van der Waals surface area (Å²) >= 11 is 0. The van der Waals surface area contributed by atoms with E-state index >= 15 is 0 Å². The number of fused-ring (bicyclic) bond motifs is 3. The quantitative estimate of drug-likeness (QED) is 0.718. The van der Waals surface area contributed by atoms with Crippen molar-refractivity contribution in [2.24, 2.45) is 0 Å². The Morgan fingerprint density at radius 3 is 2.58 bits per heavy atom. The van der Waals surface area contributed by atoms with E-state index in [1.807, 2.05) is 6.07 Å². The van der Waals surface area contributed by atoms with Crippen LogP contribution in [0.25, 0.3) is 10.9 Å². The Bertz CT molecular complexity index is 1040. The predicted octanol–water partition coefficient (Wildman–Crippen LogP) is 3.12. The van der Waals surface area contributed by atoms with Crippen molar-refractivity contribution in [3.63, 3.8) is 0 Å². The van der Waals surface area contributed by atoms with E-state index < -0.39 is 9.84 Å². The smallest absolute Gasteiger partial charge is 0.206 e. The molecule has 5 nitrogen and oxygen atoms in total. The van der Waals surface area contributed by atoms with Gasteiger partial charge in [-0.2, -0.15) is 0 Å². The van der Waals surface area contributed by atoms with Crippen molar-refractivity contribution < 1.29 is 13.2 Å². The maximum atomic E-state index is 13.0. The molecule has 0 atom stereocenters. The molecule has 0 saturated heterocycles. The number of hydrogen-bond donors (Lipinski definition) is 2. The van der Waals surface area contributed by atoms with Gasteiger partial charge in [-0.05, 0) is 54.9 Å². The largest absolute Gasteiger partial charge is 0.497 e. The number of nitrogens with one attached hydrogen (secondary N) is 2. The van der Waals surface area contributed by atoms with Crippen molar-refractivity contribution in [3.8, 4) is 5.75 Å². The fourth-order valence-electron chi connectivity index (χ4n) is 3.40. The molecule has 4 rings (SSSR count). The van der Waals surface area contributed by atoms with Crippen LogP contribution in [0.2, 0.25) is 0 Å². The summed E-state index contributed by atoms with van der Waals surface area (Å²) < 4.78 is 31.2. The molecular weight excluding hydrogens is 372 g/mol. The molecule has 0 saturated carbocycles. The van der Waals surface area contributed by atoms with Gasteiger partial charge >= 0.3 is 0 Å². The maximum absolute atomic E-state index is 13.0. The highest BCUT2D eigenvalue weighted by atomic mass is 35.5. The summed E-state index contributed by atoms with van der Waals surface area (Å²) in [5.41, 5.74) is 3.43. The van der Waals surface area contributed by atoms with Crippen LogP contribution in [0.3, 0.4) is 0 Å². The Kier molecular flexibility index (Phi) is 5.27.